The molecule has 5 heteroatoms. The molecule has 0 amide bonds. The molecule has 19 heavy (non-hydrogen) atoms. The first-order chi connectivity index (χ1) is 9.19. The van der Waals surface area contributed by atoms with Gasteiger partial charge in [0.25, 0.3) is 0 Å². The van der Waals surface area contributed by atoms with Gasteiger partial charge in [-0.3, -0.25) is 0 Å². The van der Waals surface area contributed by atoms with Gasteiger partial charge in [-0.15, -0.1) is 10.2 Å². The molecule has 0 aliphatic heterocycles. The molecular formula is C14H19N3OS. The average molecular weight is 277 g/mol. The van der Waals surface area contributed by atoms with E-state index in [1.807, 2.05) is 31.2 Å². The molecular weight excluding hydrogens is 258 g/mol. The third kappa shape index (κ3) is 4.08. The highest BCUT2D eigenvalue weighted by Crippen LogP contribution is 2.21. The fourth-order valence-corrected chi connectivity index (χ4v) is 2.57. The molecule has 1 aromatic carbocycles. The predicted molar refractivity (Wildman–Crippen MR) is 78.9 cm³/mol. The second kappa shape index (κ2) is 6.73. The van der Waals surface area contributed by atoms with Gasteiger partial charge < -0.3 is 10.2 Å². The van der Waals surface area contributed by atoms with Crippen LogP contribution < -0.4 is 5.73 Å². The second-order valence-electron chi connectivity index (χ2n) is 4.55. The number of thioether (sulfide) groups is 1. The number of nitrogens with zero attached hydrogens (tertiary/aromatic N) is 2. The van der Waals surface area contributed by atoms with Gasteiger partial charge in [0.05, 0.1) is 5.75 Å². The van der Waals surface area contributed by atoms with E-state index in [-0.39, 0.29) is 6.04 Å². The highest BCUT2D eigenvalue weighted by molar-refractivity contribution is 7.98. The van der Waals surface area contributed by atoms with Crippen LogP contribution in [0, 0.1) is 6.92 Å². The van der Waals surface area contributed by atoms with Crippen LogP contribution in [-0.4, -0.2) is 22.0 Å². The Morgan fingerprint density at radius 1 is 1.37 bits per heavy atom. The molecule has 102 valence electrons. The molecule has 1 aromatic heterocycles. The van der Waals surface area contributed by atoms with Crippen LogP contribution in [0.3, 0.4) is 0 Å². The van der Waals surface area contributed by atoms with Crippen molar-refractivity contribution in [1.29, 1.82) is 0 Å². The highest BCUT2D eigenvalue weighted by Gasteiger charge is 2.09. The fraction of sp³-hybridized carbons (Fsp3) is 0.429. The van der Waals surface area contributed by atoms with Crippen LogP contribution in [0.25, 0.3) is 11.5 Å². The zero-order chi connectivity index (χ0) is 13.7. The maximum Gasteiger partial charge on any atom is 0.247 e. The Bertz CT molecular complexity index is 527. The summed E-state index contributed by atoms with van der Waals surface area (Å²) in [7, 11) is 0. The molecule has 2 aromatic rings. The van der Waals surface area contributed by atoms with Crippen molar-refractivity contribution in [3.63, 3.8) is 0 Å². The molecule has 0 spiro atoms. The van der Waals surface area contributed by atoms with E-state index in [0.717, 1.165) is 17.7 Å². The first kappa shape index (κ1) is 14.1. The maximum atomic E-state index is 5.86. The zero-order valence-corrected chi connectivity index (χ0v) is 12.1. The Morgan fingerprint density at radius 3 is 2.95 bits per heavy atom. The van der Waals surface area contributed by atoms with E-state index in [0.29, 0.717) is 17.5 Å². The van der Waals surface area contributed by atoms with Crippen LogP contribution in [0.2, 0.25) is 0 Å². The van der Waals surface area contributed by atoms with E-state index in [1.165, 1.54) is 5.56 Å². The summed E-state index contributed by atoms with van der Waals surface area (Å²) in [5.41, 5.74) is 8.01. The van der Waals surface area contributed by atoms with Crippen LogP contribution in [0.4, 0.5) is 0 Å². The Hall–Kier alpha value is -1.33. The molecule has 2 rings (SSSR count). The minimum absolute atomic E-state index is 0.240. The molecule has 0 bridgehead atoms. The monoisotopic (exact) mass is 277 g/mol. The number of hydrogen-bond donors (Lipinski definition) is 1. The van der Waals surface area contributed by atoms with Crippen molar-refractivity contribution in [2.75, 3.05) is 5.75 Å². The van der Waals surface area contributed by atoms with Crippen molar-refractivity contribution >= 4 is 11.8 Å². The lowest BCUT2D eigenvalue weighted by Gasteiger charge is -2.05. The van der Waals surface area contributed by atoms with Crippen molar-refractivity contribution in [3.05, 3.63) is 35.7 Å². The molecule has 0 aliphatic rings. The van der Waals surface area contributed by atoms with Gasteiger partial charge in [-0.1, -0.05) is 24.6 Å². The van der Waals surface area contributed by atoms with Crippen LogP contribution in [0.5, 0.6) is 0 Å². The zero-order valence-electron chi connectivity index (χ0n) is 11.3. The molecule has 0 aliphatic carbocycles. The Labute approximate surface area is 117 Å². The summed E-state index contributed by atoms with van der Waals surface area (Å²) in [6.45, 7) is 4.14. The fourth-order valence-electron chi connectivity index (χ4n) is 1.62. The number of rotatable bonds is 6. The highest BCUT2D eigenvalue weighted by atomic mass is 32.2. The summed E-state index contributed by atoms with van der Waals surface area (Å²) < 4.78 is 5.66. The number of hydrogen-bond acceptors (Lipinski definition) is 5. The smallest absolute Gasteiger partial charge is 0.247 e. The molecule has 1 atom stereocenters. The minimum atomic E-state index is 0.240. The van der Waals surface area contributed by atoms with Crippen molar-refractivity contribution in [1.82, 2.24) is 10.2 Å². The van der Waals surface area contributed by atoms with Crippen molar-refractivity contribution in [2.45, 2.75) is 32.1 Å². The quantitative estimate of drug-likeness (QED) is 0.879. The topological polar surface area (TPSA) is 64.9 Å². The van der Waals surface area contributed by atoms with Gasteiger partial charge in [0.1, 0.15) is 0 Å². The minimum Gasteiger partial charge on any atom is -0.420 e. The largest absolute Gasteiger partial charge is 0.420 e. The molecule has 1 unspecified atom stereocenters. The van der Waals surface area contributed by atoms with Gasteiger partial charge in [0.15, 0.2) is 0 Å². The van der Waals surface area contributed by atoms with E-state index < -0.39 is 0 Å². The SMILES string of the molecule is CCC(N)CSCc1nnc(-c2cccc(C)c2)o1. The van der Waals surface area contributed by atoms with E-state index in [1.54, 1.807) is 11.8 Å². The summed E-state index contributed by atoms with van der Waals surface area (Å²) >= 11 is 1.73. The molecule has 0 saturated carbocycles. The summed E-state index contributed by atoms with van der Waals surface area (Å²) in [5, 5.41) is 8.15. The van der Waals surface area contributed by atoms with Gasteiger partial charge in [0.2, 0.25) is 11.8 Å². The van der Waals surface area contributed by atoms with Gasteiger partial charge in [-0.05, 0) is 25.5 Å². The number of nitrogens with two attached hydrogens (primary N) is 1. The molecule has 0 fully saturated rings. The Kier molecular flexibility index (Phi) is 4.99. The van der Waals surface area contributed by atoms with Crippen LogP contribution >= 0.6 is 11.8 Å². The maximum absolute atomic E-state index is 5.86. The molecule has 1 heterocycles. The molecule has 4 nitrogen and oxygen atoms in total. The van der Waals surface area contributed by atoms with Gasteiger partial charge >= 0.3 is 0 Å². The number of aryl methyl sites for hydroxylation is 1. The number of benzene rings is 1. The summed E-state index contributed by atoms with van der Waals surface area (Å²) in [6.07, 6.45) is 0.991. The van der Waals surface area contributed by atoms with Crippen molar-refractivity contribution in [2.24, 2.45) is 5.73 Å². The van der Waals surface area contributed by atoms with Crippen molar-refractivity contribution < 1.29 is 4.42 Å². The average Bonchev–Trinajstić information content (AvgIpc) is 2.87. The van der Waals surface area contributed by atoms with E-state index in [2.05, 4.69) is 17.1 Å². The Morgan fingerprint density at radius 2 is 2.21 bits per heavy atom. The van der Waals surface area contributed by atoms with Crippen LogP contribution in [-0.2, 0) is 5.75 Å². The lowest BCUT2D eigenvalue weighted by atomic mass is 10.1. The second-order valence-corrected chi connectivity index (χ2v) is 5.58. The normalized spacial score (nSPS) is 12.6. The summed E-state index contributed by atoms with van der Waals surface area (Å²) in [5.74, 6) is 2.87. The van der Waals surface area contributed by atoms with Gasteiger partial charge in [0, 0.05) is 17.4 Å². The third-order valence-corrected chi connectivity index (χ3v) is 3.93. The summed E-state index contributed by atoms with van der Waals surface area (Å²) in [6, 6.07) is 8.29. The molecule has 2 N–H and O–H groups in total. The molecule has 0 saturated heterocycles. The lowest BCUT2D eigenvalue weighted by Crippen LogP contribution is -2.21. The first-order valence-electron chi connectivity index (χ1n) is 6.41. The first-order valence-corrected chi connectivity index (χ1v) is 7.57. The third-order valence-electron chi connectivity index (χ3n) is 2.81. The van der Waals surface area contributed by atoms with E-state index >= 15 is 0 Å². The lowest BCUT2D eigenvalue weighted by molar-refractivity contribution is 0.528. The van der Waals surface area contributed by atoms with E-state index in [4.69, 9.17) is 10.2 Å². The van der Waals surface area contributed by atoms with Gasteiger partial charge in [-0.25, -0.2) is 0 Å². The van der Waals surface area contributed by atoms with Crippen LogP contribution in [0.1, 0.15) is 24.8 Å². The molecule has 0 radical (unpaired) electrons. The van der Waals surface area contributed by atoms with Crippen LogP contribution in [0.15, 0.2) is 28.7 Å². The van der Waals surface area contributed by atoms with E-state index in [9.17, 15) is 0 Å². The summed E-state index contributed by atoms with van der Waals surface area (Å²) in [4.78, 5) is 0. The standard InChI is InChI=1S/C14H19N3OS/c1-3-12(15)8-19-9-13-16-17-14(18-13)11-6-4-5-10(2)7-11/h4-7,12H,3,8-9,15H2,1-2H3. The van der Waals surface area contributed by atoms with Crippen molar-refractivity contribution in [3.8, 4) is 11.5 Å². The number of aromatic nitrogens is 2. The predicted octanol–water partition coefficient (Wildman–Crippen LogP) is 3.02. The van der Waals surface area contributed by atoms with Gasteiger partial charge in [-0.2, -0.15) is 11.8 Å². The Balaban J connectivity index is 1.95.